The van der Waals surface area contributed by atoms with Crippen molar-refractivity contribution in [1.82, 2.24) is 9.88 Å². The Morgan fingerprint density at radius 3 is 2.58 bits per heavy atom. The number of rotatable bonds is 3. The van der Waals surface area contributed by atoms with Crippen molar-refractivity contribution in [2.75, 3.05) is 18.4 Å². The SMILES string of the molecule is O=C(Nc1ccccn1)C1CCN(C(=O)C2Cc3ccccc3S2)CC1. The summed E-state index contributed by atoms with van der Waals surface area (Å²) in [7, 11) is 0. The summed E-state index contributed by atoms with van der Waals surface area (Å²) in [6.07, 6.45) is 3.87. The molecule has 1 aromatic heterocycles. The van der Waals surface area contributed by atoms with Gasteiger partial charge in [-0.15, -0.1) is 11.8 Å². The number of nitrogens with one attached hydrogen (secondary N) is 1. The second-order valence-corrected chi connectivity index (χ2v) is 7.97. The Labute approximate surface area is 157 Å². The van der Waals surface area contributed by atoms with Gasteiger partial charge in [-0.05, 0) is 43.0 Å². The third kappa shape index (κ3) is 3.60. The zero-order chi connectivity index (χ0) is 17.9. The Hall–Kier alpha value is -2.34. The molecule has 0 bridgehead atoms. The standard InChI is InChI=1S/C20H21N3O2S/c24-19(22-18-7-3-4-10-21-18)14-8-11-23(12-9-14)20(25)17-13-15-5-1-2-6-16(15)26-17/h1-7,10,14,17H,8-9,11-13H2,(H,21,22,24). The van der Waals surface area contributed by atoms with Gasteiger partial charge in [-0.1, -0.05) is 24.3 Å². The third-order valence-corrected chi connectivity index (χ3v) is 6.32. The Balaban J connectivity index is 1.30. The summed E-state index contributed by atoms with van der Waals surface area (Å²) >= 11 is 1.67. The second kappa shape index (κ2) is 7.50. The highest BCUT2D eigenvalue weighted by molar-refractivity contribution is 8.01. The van der Waals surface area contributed by atoms with Gasteiger partial charge in [-0.25, -0.2) is 4.98 Å². The molecule has 1 N–H and O–H groups in total. The van der Waals surface area contributed by atoms with E-state index >= 15 is 0 Å². The maximum absolute atomic E-state index is 12.8. The van der Waals surface area contributed by atoms with Crippen LogP contribution < -0.4 is 5.32 Å². The first-order chi connectivity index (χ1) is 12.7. The number of anilines is 1. The molecule has 134 valence electrons. The van der Waals surface area contributed by atoms with E-state index in [0.717, 1.165) is 6.42 Å². The predicted molar refractivity (Wildman–Crippen MR) is 102 cm³/mol. The average molecular weight is 367 g/mol. The quantitative estimate of drug-likeness (QED) is 0.906. The number of benzene rings is 1. The number of fused-ring (bicyclic) bond motifs is 1. The molecule has 4 rings (SSSR count). The fraction of sp³-hybridized carbons (Fsp3) is 0.350. The van der Waals surface area contributed by atoms with Gasteiger partial charge in [0.05, 0.1) is 5.25 Å². The van der Waals surface area contributed by atoms with E-state index in [0.29, 0.717) is 31.7 Å². The number of hydrogen-bond acceptors (Lipinski definition) is 4. The van der Waals surface area contributed by atoms with Crippen LogP contribution in [0.25, 0.3) is 0 Å². The van der Waals surface area contributed by atoms with Crippen LogP contribution in [0.4, 0.5) is 5.82 Å². The summed E-state index contributed by atoms with van der Waals surface area (Å²) in [5.41, 5.74) is 1.26. The lowest BCUT2D eigenvalue weighted by atomic mass is 9.95. The number of carbonyl (C=O) groups excluding carboxylic acids is 2. The van der Waals surface area contributed by atoms with Crippen LogP contribution in [0.3, 0.4) is 0 Å². The molecule has 0 aliphatic carbocycles. The number of pyridine rings is 1. The minimum absolute atomic E-state index is 0.00144. The van der Waals surface area contributed by atoms with Gasteiger partial charge in [-0.3, -0.25) is 9.59 Å². The number of likely N-dealkylation sites (tertiary alicyclic amines) is 1. The molecule has 2 aliphatic rings. The first-order valence-electron chi connectivity index (χ1n) is 8.96. The lowest BCUT2D eigenvalue weighted by molar-refractivity contribution is -0.133. The maximum atomic E-state index is 12.8. The maximum Gasteiger partial charge on any atom is 0.236 e. The van der Waals surface area contributed by atoms with E-state index in [1.807, 2.05) is 29.2 Å². The molecule has 2 amide bonds. The Bertz CT molecular complexity index is 779. The van der Waals surface area contributed by atoms with Crippen LogP contribution in [-0.4, -0.2) is 40.0 Å². The van der Waals surface area contributed by atoms with Crippen molar-refractivity contribution in [2.24, 2.45) is 5.92 Å². The third-order valence-electron chi connectivity index (χ3n) is 5.02. The molecular weight excluding hydrogens is 346 g/mol. The largest absolute Gasteiger partial charge is 0.342 e. The van der Waals surface area contributed by atoms with Crippen LogP contribution in [0.15, 0.2) is 53.6 Å². The van der Waals surface area contributed by atoms with E-state index in [-0.39, 0.29) is 23.0 Å². The summed E-state index contributed by atoms with van der Waals surface area (Å²) in [6, 6.07) is 13.7. The number of aromatic nitrogens is 1. The summed E-state index contributed by atoms with van der Waals surface area (Å²) in [5.74, 6) is 0.721. The van der Waals surface area contributed by atoms with Crippen LogP contribution in [0.1, 0.15) is 18.4 Å². The van der Waals surface area contributed by atoms with Gasteiger partial charge in [0.15, 0.2) is 0 Å². The monoisotopic (exact) mass is 367 g/mol. The van der Waals surface area contributed by atoms with E-state index in [9.17, 15) is 9.59 Å². The number of nitrogens with zero attached hydrogens (tertiary/aromatic N) is 2. The van der Waals surface area contributed by atoms with Crippen LogP contribution in [0.2, 0.25) is 0 Å². The van der Waals surface area contributed by atoms with Crippen molar-refractivity contribution in [1.29, 1.82) is 0 Å². The molecule has 26 heavy (non-hydrogen) atoms. The van der Waals surface area contributed by atoms with Crippen LogP contribution in [0.5, 0.6) is 0 Å². The van der Waals surface area contributed by atoms with Gasteiger partial charge in [-0.2, -0.15) is 0 Å². The fourth-order valence-corrected chi connectivity index (χ4v) is 4.83. The number of hydrogen-bond donors (Lipinski definition) is 1. The average Bonchev–Trinajstić information content (AvgIpc) is 3.12. The number of thioether (sulfide) groups is 1. The summed E-state index contributed by atoms with van der Waals surface area (Å²) < 4.78 is 0. The van der Waals surface area contributed by atoms with Crippen molar-refractivity contribution in [2.45, 2.75) is 29.4 Å². The fourth-order valence-electron chi connectivity index (χ4n) is 3.55. The van der Waals surface area contributed by atoms with E-state index in [4.69, 9.17) is 0 Å². The molecule has 1 atom stereocenters. The smallest absolute Gasteiger partial charge is 0.236 e. The first-order valence-corrected chi connectivity index (χ1v) is 9.84. The zero-order valence-electron chi connectivity index (χ0n) is 14.4. The molecule has 2 aliphatic heterocycles. The first kappa shape index (κ1) is 17.1. The Morgan fingerprint density at radius 1 is 1.08 bits per heavy atom. The van der Waals surface area contributed by atoms with Gasteiger partial charge < -0.3 is 10.2 Å². The molecule has 3 heterocycles. The zero-order valence-corrected chi connectivity index (χ0v) is 15.2. The minimum Gasteiger partial charge on any atom is -0.342 e. The van der Waals surface area contributed by atoms with Crippen molar-refractivity contribution >= 4 is 29.4 Å². The van der Waals surface area contributed by atoms with Crippen molar-refractivity contribution in [3.05, 3.63) is 54.2 Å². The molecule has 0 spiro atoms. The highest BCUT2D eigenvalue weighted by atomic mass is 32.2. The van der Waals surface area contributed by atoms with Gasteiger partial charge >= 0.3 is 0 Å². The number of carbonyl (C=O) groups is 2. The van der Waals surface area contributed by atoms with Gasteiger partial charge in [0, 0.05) is 30.1 Å². The van der Waals surface area contributed by atoms with Crippen molar-refractivity contribution < 1.29 is 9.59 Å². The Kier molecular flexibility index (Phi) is 4.93. The highest BCUT2D eigenvalue weighted by Crippen LogP contribution is 2.38. The lowest BCUT2D eigenvalue weighted by Crippen LogP contribution is -2.44. The molecule has 1 saturated heterocycles. The molecule has 0 radical (unpaired) electrons. The van der Waals surface area contributed by atoms with Crippen molar-refractivity contribution in [3.8, 4) is 0 Å². The van der Waals surface area contributed by atoms with Crippen LogP contribution >= 0.6 is 11.8 Å². The van der Waals surface area contributed by atoms with E-state index in [1.54, 1.807) is 24.0 Å². The molecule has 1 fully saturated rings. The summed E-state index contributed by atoms with van der Waals surface area (Å²) in [6.45, 7) is 1.29. The molecule has 1 unspecified atom stereocenters. The minimum atomic E-state index is -0.0607. The predicted octanol–water partition coefficient (Wildman–Crippen LogP) is 2.98. The lowest BCUT2D eigenvalue weighted by Gasteiger charge is -2.32. The topological polar surface area (TPSA) is 62.3 Å². The van der Waals surface area contributed by atoms with Crippen LogP contribution in [0, 0.1) is 5.92 Å². The highest BCUT2D eigenvalue weighted by Gasteiger charge is 2.34. The second-order valence-electron chi connectivity index (χ2n) is 6.72. The summed E-state index contributed by atoms with van der Waals surface area (Å²) in [5, 5.41) is 2.84. The number of amides is 2. The molecule has 2 aromatic rings. The van der Waals surface area contributed by atoms with E-state index in [1.165, 1.54) is 10.5 Å². The summed E-state index contributed by atoms with van der Waals surface area (Å²) in [4.78, 5) is 32.5. The van der Waals surface area contributed by atoms with Crippen LogP contribution in [-0.2, 0) is 16.0 Å². The normalized spacial score (nSPS) is 19.8. The van der Waals surface area contributed by atoms with Gasteiger partial charge in [0.2, 0.25) is 11.8 Å². The van der Waals surface area contributed by atoms with Crippen molar-refractivity contribution in [3.63, 3.8) is 0 Å². The molecule has 6 heteroatoms. The Morgan fingerprint density at radius 2 is 1.85 bits per heavy atom. The molecular formula is C20H21N3O2S. The van der Waals surface area contributed by atoms with E-state index in [2.05, 4.69) is 22.4 Å². The van der Waals surface area contributed by atoms with E-state index < -0.39 is 0 Å². The number of piperidine rings is 1. The van der Waals surface area contributed by atoms with Gasteiger partial charge in [0.25, 0.3) is 0 Å². The molecule has 5 nitrogen and oxygen atoms in total. The molecule has 0 saturated carbocycles. The molecule has 1 aromatic carbocycles. The van der Waals surface area contributed by atoms with Gasteiger partial charge in [0.1, 0.15) is 5.82 Å².